The maximum atomic E-state index is 6.05. The molecule has 2 aromatic carbocycles. The predicted molar refractivity (Wildman–Crippen MR) is 153 cm³/mol. The summed E-state index contributed by atoms with van der Waals surface area (Å²) in [6.07, 6.45) is 20.2. The van der Waals surface area contributed by atoms with Crippen molar-refractivity contribution in [3.05, 3.63) is 54.9 Å². The molecule has 1 atom stereocenters. The van der Waals surface area contributed by atoms with E-state index in [1.807, 2.05) is 42.7 Å². The number of benzene rings is 2. The van der Waals surface area contributed by atoms with Gasteiger partial charge in [0.15, 0.2) is 17.3 Å². The van der Waals surface area contributed by atoms with Gasteiger partial charge in [-0.2, -0.15) is 0 Å². The van der Waals surface area contributed by atoms with E-state index in [9.17, 15) is 0 Å². The van der Waals surface area contributed by atoms with E-state index < -0.39 is 0 Å². The van der Waals surface area contributed by atoms with Gasteiger partial charge in [0.05, 0.1) is 6.61 Å². The largest absolute Gasteiger partial charge is 0.494 e. The Bertz CT molecular complexity index is 1130. The number of nitrogens with zero attached hydrogens (tertiary/aromatic N) is 2. The molecule has 2 heterocycles. The fraction of sp³-hybridized carbons (Fsp3) is 0.515. The molecule has 5 heteroatoms. The lowest BCUT2D eigenvalue weighted by molar-refractivity contribution is 0.0395. The molecular weight excluding hydrogens is 472 g/mol. The second kappa shape index (κ2) is 13.6. The van der Waals surface area contributed by atoms with E-state index in [1.165, 1.54) is 64.2 Å². The van der Waals surface area contributed by atoms with Gasteiger partial charge >= 0.3 is 0 Å². The smallest absolute Gasteiger partial charge is 0.241 e. The molecule has 2 aliphatic rings. The first-order valence-corrected chi connectivity index (χ1v) is 14.8. The van der Waals surface area contributed by atoms with Crippen molar-refractivity contribution in [1.82, 2.24) is 9.97 Å². The van der Waals surface area contributed by atoms with E-state index in [0.717, 1.165) is 65.7 Å². The molecule has 38 heavy (non-hydrogen) atoms. The lowest BCUT2D eigenvalue weighted by atomic mass is 10.1. The number of rotatable bonds is 16. The van der Waals surface area contributed by atoms with E-state index in [0.29, 0.717) is 5.82 Å². The Balaban J connectivity index is 1.07. The molecule has 1 aliphatic carbocycles. The van der Waals surface area contributed by atoms with Crippen molar-refractivity contribution in [2.45, 2.75) is 96.7 Å². The van der Waals surface area contributed by atoms with Gasteiger partial charge in [-0.25, -0.2) is 9.97 Å². The summed E-state index contributed by atoms with van der Waals surface area (Å²) in [7, 11) is 0. The molecule has 0 N–H and O–H groups in total. The summed E-state index contributed by atoms with van der Waals surface area (Å²) in [4.78, 5) is 9.26. The van der Waals surface area contributed by atoms with Gasteiger partial charge in [0, 0.05) is 29.9 Å². The van der Waals surface area contributed by atoms with Crippen LogP contribution >= 0.6 is 0 Å². The van der Waals surface area contributed by atoms with Crippen LogP contribution in [0.5, 0.6) is 17.2 Å². The molecule has 1 aromatic heterocycles. The molecule has 5 nitrogen and oxygen atoms in total. The third-order valence-electron chi connectivity index (χ3n) is 7.57. The second-order valence-corrected chi connectivity index (χ2v) is 10.8. The molecule has 1 unspecified atom stereocenters. The van der Waals surface area contributed by atoms with Crippen molar-refractivity contribution in [1.29, 1.82) is 0 Å². The Kier molecular flexibility index (Phi) is 9.52. The Labute approximate surface area is 228 Å². The van der Waals surface area contributed by atoms with Crippen LogP contribution in [0.15, 0.2) is 54.9 Å². The molecule has 202 valence electrons. The summed E-state index contributed by atoms with van der Waals surface area (Å²) < 4.78 is 18.0. The van der Waals surface area contributed by atoms with Crippen LogP contribution in [0.1, 0.15) is 90.4 Å². The normalized spacial score (nSPS) is 16.1. The summed E-state index contributed by atoms with van der Waals surface area (Å²) in [5.41, 5.74) is 3.00. The number of unbranched alkanes of at least 4 members (excludes halogenated alkanes) is 7. The van der Waals surface area contributed by atoms with Gasteiger partial charge in [-0.3, -0.25) is 0 Å². The van der Waals surface area contributed by atoms with Crippen LogP contribution in [0, 0.1) is 5.92 Å². The SMILES string of the molecule is CCCCCCCC1Oc2ccc(-c3ncc(-c4ccc(OCCCCCCC5CC5)cc4)cn3)cc2O1. The molecule has 1 saturated carbocycles. The van der Waals surface area contributed by atoms with Crippen molar-refractivity contribution < 1.29 is 14.2 Å². The van der Waals surface area contributed by atoms with Gasteiger partial charge in [0.25, 0.3) is 0 Å². The van der Waals surface area contributed by atoms with E-state index >= 15 is 0 Å². The van der Waals surface area contributed by atoms with E-state index in [-0.39, 0.29) is 6.29 Å². The zero-order chi connectivity index (χ0) is 26.0. The minimum absolute atomic E-state index is 0.186. The Morgan fingerprint density at radius 3 is 2.16 bits per heavy atom. The number of fused-ring (bicyclic) bond motifs is 1. The predicted octanol–water partition coefficient (Wildman–Crippen LogP) is 9.01. The first-order chi connectivity index (χ1) is 18.8. The highest BCUT2D eigenvalue weighted by molar-refractivity contribution is 5.66. The van der Waals surface area contributed by atoms with Gasteiger partial charge in [-0.15, -0.1) is 0 Å². The van der Waals surface area contributed by atoms with Crippen LogP contribution in [0.4, 0.5) is 0 Å². The maximum Gasteiger partial charge on any atom is 0.241 e. The number of ether oxygens (including phenoxy) is 3. The van der Waals surface area contributed by atoms with Crippen molar-refractivity contribution in [2.75, 3.05) is 6.61 Å². The first-order valence-electron chi connectivity index (χ1n) is 14.8. The van der Waals surface area contributed by atoms with Gasteiger partial charge < -0.3 is 14.2 Å². The van der Waals surface area contributed by atoms with Gasteiger partial charge in [0.1, 0.15) is 5.75 Å². The standard InChI is InChI=1S/C33H42N2O3/c1-2-3-4-5-9-12-32-37-30-20-17-27(22-31(30)38-32)33-34-23-28(24-35-33)26-15-18-29(19-16-26)36-21-10-7-6-8-11-25-13-14-25/h15-20,22-25,32H,2-14,21H2,1H3. The van der Waals surface area contributed by atoms with Crippen LogP contribution in [0.3, 0.4) is 0 Å². The number of aromatic nitrogens is 2. The molecule has 1 aliphatic heterocycles. The molecule has 0 bridgehead atoms. The van der Waals surface area contributed by atoms with Crippen LogP contribution in [-0.2, 0) is 0 Å². The molecule has 0 radical (unpaired) electrons. The quantitative estimate of drug-likeness (QED) is 0.179. The molecule has 0 amide bonds. The van der Waals surface area contributed by atoms with Gasteiger partial charge in [0.2, 0.25) is 6.29 Å². The summed E-state index contributed by atoms with van der Waals surface area (Å²) in [6.45, 7) is 3.02. The summed E-state index contributed by atoms with van der Waals surface area (Å²) in [5.74, 6) is 4.24. The lowest BCUT2D eigenvalue weighted by Gasteiger charge is -2.09. The van der Waals surface area contributed by atoms with Crippen LogP contribution in [-0.4, -0.2) is 22.9 Å². The topological polar surface area (TPSA) is 53.5 Å². The summed E-state index contributed by atoms with van der Waals surface area (Å²) in [6, 6.07) is 14.2. The number of hydrogen-bond acceptors (Lipinski definition) is 5. The minimum atomic E-state index is -0.186. The Hall–Kier alpha value is -3.08. The van der Waals surface area contributed by atoms with Crippen molar-refractivity contribution in [3.63, 3.8) is 0 Å². The highest BCUT2D eigenvalue weighted by atomic mass is 16.7. The molecule has 5 rings (SSSR count). The highest BCUT2D eigenvalue weighted by Crippen LogP contribution is 2.38. The van der Waals surface area contributed by atoms with E-state index in [4.69, 9.17) is 14.2 Å². The third kappa shape index (κ3) is 7.72. The van der Waals surface area contributed by atoms with Crippen LogP contribution < -0.4 is 14.2 Å². The van der Waals surface area contributed by atoms with Crippen LogP contribution in [0.25, 0.3) is 22.5 Å². The minimum Gasteiger partial charge on any atom is -0.494 e. The molecular formula is C33H42N2O3. The fourth-order valence-corrected chi connectivity index (χ4v) is 5.03. The fourth-order valence-electron chi connectivity index (χ4n) is 5.03. The van der Waals surface area contributed by atoms with E-state index in [1.54, 1.807) is 0 Å². The molecule has 0 saturated heterocycles. The Morgan fingerprint density at radius 1 is 0.711 bits per heavy atom. The average Bonchev–Trinajstić information content (AvgIpc) is 3.69. The molecule has 3 aromatic rings. The molecule has 1 fully saturated rings. The molecule has 0 spiro atoms. The second-order valence-electron chi connectivity index (χ2n) is 10.8. The third-order valence-corrected chi connectivity index (χ3v) is 7.57. The number of hydrogen-bond donors (Lipinski definition) is 0. The Morgan fingerprint density at radius 2 is 1.39 bits per heavy atom. The average molecular weight is 515 g/mol. The zero-order valence-corrected chi connectivity index (χ0v) is 22.9. The van der Waals surface area contributed by atoms with Crippen molar-refractivity contribution in [2.24, 2.45) is 5.92 Å². The van der Waals surface area contributed by atoms with Gasteiger partial charge in [-0.05, 0) is 54.7 Å². The lowest BCUT2D eigenvalue weighted by Crippen LogP contribution is -2.17. The summed E-state index contributed by atoms with van der Waals surface area (Å²) in [5, 5.41) is 0. The monoisotopic (exact) mass is 514 g/mol. The highest BCUT2D eigenvalue weighted by Gasteiger charge is 2.24. The van der Waals surface area contributed by atoms with Crippen LogP contribution in [0.2, 0.25) is 0 Å². The maximum absolute atomic E-state index is 6.05. The first kappa shape index (κ1) is 26.5. The van der Waals surface area contributed by atoms with E-state index in [2.05, 4.69) is 29.0 Å². The summed E-state index contributed by atoms with van der Waals surface area (Å²) >= 11 is 0. The van der Waals surface area contributed by atoms with Gasteiger partial charge in [-0.1, -0.05) is 83.3 Å². The zero-order valence-electron chi connectivity index (χ0n) is 22.9. The van der Waals surface area contributed by atoms with Crippen molar-refractivity contribution >= 4 is 0 Å². The van der Waals surface area contributed by atoms with Crippen molar-refractivity contribution in [3.8, 4) is 39.8 Å².